The number of hydrogen-bond acceptors (Lipinski definition) is 3. The van der Waals surface area contributed by atoms with E-state index in [0.717, 1.165) is 23.7 Å². The van der Waals surface area contributed by atoms with Crippen LogP contribution in [0.15, 0.2) is 24.3 Å². The molecule has 0 bridgehead atoms. The molecule has 0 aliphatic heterocycles. The average molecular weight is 353 g/mol. The van der Waals surface area contributed by atoms with E-state index in [1.807, 2.05) is 36.0 Å². The predicted molar refractivity (Wildman–Crippen MR) is 106 cm³/mol. The zero-order valence-electron chi connectivity index (χ0n) is 14.4. The van der Waals surface area contributed by atoms with E-state index in [1.165, 1.54) is 25.7 Å². The van der Waals surface area contributed by atoms with Crippen molar-refractivity contribution in [3.8, 4) is 5.75 Å². The molecule has 3 nitrogen and oxygen atoms in total. The molecule has 5 heteroatoms. The number of anilines is 1. The Morgan fingerprint density at radius 3 is 2.48 bits per heavy atom. The Bertz CT molecular complexity index is 491. The van der Waals surface area contributed by atoms with Crippen molar-refractivity contribution >= 4 is 34.8 Å². The van der Waals surface area contributed by atoms with E-state index in [-0.39, 0.29) is 0 Å². The molecule has 0 saturated heterocycles. The quantitative estimate of drug-likeness (QED) is 0.566. The largest absolute Gasteiger partial charge is 0.490 e. The zero-order chi connectivity index (χ0) is 16.7. The van der Waals surface area contributed by atoms with Gasteiger partial charge in [0, 0.05) is 22.7 Å². The van der Waals surface area contributed by atoms with Crippen LogP contribution in [-0.2, 0) is 0 Å². The SMILES string of the molecule is CC(C)(C)SCCNC(=S)Nc1ccc(OC2CCCC2)cc1. The Balaban J connectivity index is 1.69. The van der Waals surface area contributed by atoms with Gasteiger partial charge in [-0.15, -0.1) is 0 Å². The van der Waals surface area contributed by atoms with Crippen molar-refractivity contribution in [3.63, 3.8) is 0 Å². The standard InChI is InChI=1S/C18H28N2OS2/c1-18(2,3)23-13-12-19-17(22)20-14-8-10-16(11-9-14)21-15-6-4-5-7-15/h8-11,15H,4-7,12-13H2,1-3H3,(H2,19,20,22). The van der Waals surface area contributed by atoms with Crippen molar-refractivity contribution in [2.24, 2.45) is 0 Å². The summed E-state index contributed by atoms with van der Waals surface area (Å²) in [5, 5.41) is 7.13. The van der Waals surface area contributed by atoms with Crippen molar-refractivity contribution in [1.82, 2.24) is 5.32 Å². The lowest BCUT2D eigenvalue weighted by atomic mass is 10.3. The van der Waals surface area contributed by atoms with Crippen molar-refractivity contribution in [3.05, 3.63) is 24.3 Å². The van der Waals surface area contributed by atoms with Gasteiger partial charge in [0.1, 0.15) is 5.75 Å². The minimum Gasteiger partial charge on any atom is -0.490 e. The van der Waals surface area contributed by atoms with Gasteiger partial charge in [-0.3, -0.25) is 0 Å². The van der Waals surface area contributed by atoms with Crippen LogP contribution in [-0.4, -0.2) is 28.3 Å². The Hall–Kier alpha value is -0.940. The second kappa shape index (κ2) is 8.78. The zero-order valence-corrected chi connectivity index (χ0v) is 16.0. The molecule has 1 aliphatic carbocycles. The van der Waals surface area contributed by atoms with Crippen LogP contribution in [0, 0.1) is 0 Å². The normalized spacial score (nSPS) is 15.4. The maximum atomic E-state index is 5.97. The van der Waals surface area contributed by atoms with Crippen molar-refractivity contribution in [1.29, 1.82) is 0 Å². The molecule has 128 valence electrons. The van der Waals surface area contributed by atoms with Gasteiger partial charge in [0.25, 0.3) is 0 Å². The predicted octanol–water partition coefficient (Wildman–Crippen LogP) is 4.83. The van der Waals surface area contributed by atoms with Gasteiger partial charge in [-0.1, -0.05) is 20.8 Å². The number of thiocarbonyl (C=S) groups is 1. The molecule has 0 radical (unpaired) electrons. The lowest BCUT2D eigenvalue weighted by molar-refractivity contribution is 0.210. The number of nitrogens with one attached hydrogen (secondary N) is 2. The van der Waals surface area contributed by atoms with Gasteiger partial charge in [-0.25, -0.2) is 0 Å². The van der Waals surface area contributed by atoms with Crippen LogP contribution in [0.5, 0.6) is 5.75 Å². The molecule has 1 fully saturated rings. The summed E-state index contributed by atoms with van der Waals surface area (Å²) >= 11 is 7.26. The molecular weight excluding hydrogens is 324 g/mol. The first kappa shape index (κ1) is 18.4. The van der Waals surface area contributed by atoms with Gasteiger partial charge in [0.15, 0.2) is 5.11 Å². The fraction of sp³-hybridized carbons (Fsp3) is 0.611. The fourth-order valence-corrected chi connectivity index (χ4v) is 3.55. The lowest BCUT2D eigenvalue weighted by Crippen LogP contribution is -2.30. The smallest absolute Gasteiger partial charge is 0.170 e. The molecule has 0 atom stereocenters. The molecule has 0 unspecified atom stereocenters. The molecular formula is C18H28N2OS2. The van der Waals surface area contributed by atoms with Gasteiger partial charge < -0.3 is 15.4 Å². The fourth-order valence-electron chi connectivity index (χ4n) is 2.51. The van der Waals surface area contributed by atoms with Gasteiger partial charge >= 0.3 is 0 Å². The molecule has 0 heterocycles. The highest BCUT2D eigenvalue weighted by Crippen LogP contribution is 2.25. The number of benzene rings is 1. The minimum absolute atomic E-state index is 0.297. The molecule has 1 saturated carbocycles. The molecule has 23 heavy (non-hydrogen) atoms. The molecule has 1 aliphatic rings. The van der Waals surface area contributed by atoms with E-state index in [2.05, 4.69) is 31.4 Å². The first-order chi connectivity index (χ1) is 10.9. The Kier molecular flexibility index (Phi) is 7.03. The van der Waals surface area contributed by atoms with E-state index in [1.54, 1.807) is 0 Å². The topological polar surface area (TPSA) is 33.3 Å². The second-order valence-corrected chi connectivity index (χ2v) is 9.22. The van der Waals surface area contributed by atoms with Crippen LogP contribution < -0.4 is 15.4 Å². The van der Waals surface area contributed by atoms with Crippen molar-refractivity contribution in [2.75, 3.05) is 17.6 Å². The third-order valence-corrected chi connectivity index (χ3v) is 5.16. The van der Waals surface area contributed by atoms with Gasteiger partial charge in [-0.05, 0) is 62.2 Å². The van der Waals surface area contributed by atoms with Gasteiger partial charge in [0.2, 0.25) is 0 Å². The van der Waals surface area contributed by atoms with Crippen LogP contribution in [0.25, 0.3) is 0 Å². The van der Waals surface area contributed by atoms with Crippen LogP contribution in [0.3, 0.4) is 0 Å². The monoisotopic (exact) mass is 352 g/mol. The lowest BCUT2D eigenvalue weighted by Gasteiger charge is -2.18. The molecule has 2 N–H and O–H groups in total. The number of hydrogen-bond donors (Lipinski definition) is 2. The summed E-state index contributed by atoms with van der Waals surface area (Å²) in [6, 6.07) is 8.06. The summed E-state index contributed by atoms with van der Waals surface area (Å²) in [7, 11) is 0. The molecule has 0 spiro atoms. The third-order valence-electron chi connectivity index (χ3n) is 3.64. The molecule has 0 amide bonds. The van der Waals surface area contributed by atoms with E-state index in [0.29, 0.717) is 16.0 Å². The first-order valence-electron chi connectivity index (χ1n) is 8.38. The number of thioether (sulfide) groups is 1. The summed E-state index contributed by atoms with van der Waals surface area (Å²) < 4.78 is 6.27. The maximum Gasteiger partial charge on any atom is 0.170 e. The summed E-state index contributed by atoms with van der Waals surface area (Å²) in [6.07, 6.45) is 5.34. The van der Waals surface area contributed by atoms with Crippen LogP contribution in [0.2, 0.25) is 0 Å². The molecule has 0 aromatic heterocycles. The molecule has 1 aromatic carbocycles. The Morgan fingerprint density at radius 2 is 1.87 bits per heavy atom. The summed E-state index contributed by atoms with van der Waals surface area (Å²) in [6.45, 7) is 7.55. The maximum absolute atomic E-state index is 5.97. The highest BCUT2D eigenvalue weighted by molar-refractivity contribution is 8.00. The second-order valence-electron chi connectivity index (χ2n) is 6.89. The number of ether oxygens (including phenoxy) is 1. The van der Waals surface area contributed by atoms with E-state index in [4.69, 9.17) is 17.0 Å². The van der Waals surface area contributed by atoms with Crippen LogP contribution >= 0.6 is 24.0 Å². The molecule has 2 rings (SSSR count). The highest BCUT2D eigenvalue weighted by atomic mass is 32.2. The Labute approximate surface area is 150 Å². The van der Waals surface area contributed by atoms with Crippen molar-refractivity contribution in [2.45, 2.75) is 57.3 Å². The molecule has 1 aromatic rings. The summed E-state index contributed by atoms with van der Waals surface area (Å²) in [5.74, 6) is 1.99. The first-order valence-corrected chi connectivity index (χ1v) is 9.77. The van der Waals surface area contributed by atoms with Crippen LogP contribution in [0.4, 0.5) is 5.69 Å². The van der Waals surface area contributed by atoms with Crippen LogP contribution in [0.1, 0.15) is 46.5 Å². The van der Waals surface area contributed by atoms with Gasteiger partial charge in [-0.2, -0.15) is 11.8 Å². The van der Waals surface area contributed by atoms with E-state index in [9.17, 15) is 0 Å². The summed E-state index contributed by atoms with van der Waals surface area (Å²) in [4.78, 5) is 0. The Morgan fingerprint density at radius 1 is 1.22 bits per heavy atom. The van der Waals surface area contributed by atoms with Crippen molar-refractivity contribution < 1.29 is 4.74 Å². The van der Waals surface area contributed by atoms with E-state index < -0.39 is 0 Å². The summed E-state index contributed by atoms with van der Waals surface area (Å²) in [5.41, 5.74) is 0.991. The minimum atomic E-state index is 0.297. The highest BCUT2D eigenvalue weighted by Gasteiger charge is 2.16. The van der Waals surface area contributed by atoms with E-state index >= 15 is 0 Å². The average Bonchev–Trinajstić information content (AvgIpc) is 2.98. The third kappa shape index (κ3) is 7.44. The number of rotatable bonds is 6. The van der Waals surface area contributed by atoms with Gasteiger partial charge in [0.05, 0.1) is 6.10 Å².